The first kappa shape index (κ1) is 60.9. The summed E-state index contributed by atoms with van der Waals surface area (Å²) in [6, 6.07) is 0. The Bertz CT molecular complexity index is 1210. The normalized spacial score (nSPS) is 12.6. The number of rotatable bonds is 48. The van der Waals surface area contributed by atoms with Gasteiger partial charge in [-0.05, 0) is 89.9 Å². The Kier molecular flexibility index (Phi) is 49.9. The molecule has 0 aromatic carbocycles. The Hall–Kier alpha value is -3.15. The van der Waals surface area contributed by atoms with Crippen LogP contribution in [-0.4, -0.2) is 37.2 Å². The lowest BCUT2D eigenvalue weighted by Gasteiger charge is -2.18. The molecule has 0 N–H and O–H groups in total. The van der Waals surface area contributed by atoms with Crippen LogP contribution >= 0.6 is 0 Å². The van der Waals surface area contributed by atoms with Crippen molar-refractivity contribution in [2.45, 2.75) is 264 Å². The zero-order valence-electron chi connectivity index (χ0n) is 42.0. The van der Waals surface area contributed by atoms with Gasteiger partial charge in [0.1, 0.15) is 13.2 Å². The lowest BCUT2D eigenvalue weighted by molar-refractivity contribution is -0.167. The van der Waals surface area contributed by atoms with Gasteiger partial charge in [0, 0.05) is 19.3 Å². The molecule has 6 nitrogen and oxygen atoms in total. The third kappa shape index (κ3) is 49.9. The summed E-state index contributed by atoms with van der Waals surface area (Å²) in [5.74, 6) is -0.924. The standard InChI is InChI=1S/C58H100O6/c1-4-7-10-13-16-19-21-23-24-25-26-27-28-29-30-31-32-33-34-36-37-39-42-45-48-51-57(60)63-54-55(53-62-56(59)50-47-44-41-18-15-12-9-6-3)64-58(61)52-49-46-43-40-38-35-22-20-17-14-11-8-5-2/h8,11,17,20-21,23,25-26,28-29,35,38,55H,4-7,9-10,12-16,18-19,22,24,27,30-34,36-37,39-54H2,1-3H3/b11-8-,20-17-,23-21-,26-25-,29-28-,38-35-. The number of allylic oxidation sites excluding steroid dienone is 12. The van der Waals surface area contributed by atoms with Gasteiger partial charge >= 0.3 is 17.9 Å². The molecule has 0 heterocycles. The monoisotopic (exact) mass is 893 g/mol. The van der Waals surface area contributed by atoms with E-state index in [0.29, 0.717) is 19.3 Å². The van der Waals surface area contributed by atoms with E-state index in [-0.39, 0.29) is 31.1 Å². The maximum Gasteiger partial charge on any atom is 0.306 e. The first-order valence-electron chi connectivity index (χ1n) is 26.9. The van der Waals surface area contributed by atoms with Crippen molar-refractivity contribution in [2.24, 2.45) is 0 Å². The van der Waals surface area contributed by atoms with E-state index < -0.39 is 6.10 Å². The molecule has 0 radical (unpaired) electrons. The van der Waals surface area contributed by atoms with E-state index in [1.807, 2.05) is 0 Å². The number of unbranched alkanes of at least 4 members (excludes halogenated alkanes) is 25. The number of hydrogen-bond donors (Lipinski definition) is 0. The van der Waals surface area contributed by atoms with Crippen LogP contribution in [0.1, 0.15) is 258 Å². The van der Waals surface area contributed by atoms with Gasteiger partial charge in [-0.15, -0.1) is 0 Å². The summed E-state index contributed by atoms with van der Waals surface area (Å²) in [7, 11) is 0. The summed E-state index contributed by atoms with van der Waals surface area (Å²) in [5, 5.41) is 0. The van der Waals surface area contributed by atoms with Crippen molar-refractivity contribution in [3.05, 3.63) is 72.9 Å². The summed E-state index contributed by atoms with van der Waals surface area (Å²) < 4.78 is 16.7. The number of hydrogen-bond acceptors (Lipinski definition) is 6. The van der Waals surface area contributed by atoms with Crippen molar-refractivity contribution >= 4 is 17.9 Å². The van der Waals surface area contributed by atoms with Crippen LogP contribution in [-0.2, 0) is 28.6 Å². The lowest BCUT2D eigenvalue weighted by Crippen LogP contribution is -2.30. The minimum Gasteiger partial charge on any atom is -0.462 e. The zero-order valence-corrected chi connectivity index (χ0v) is 42.0. The third-order valence-electron chi connectivity index (χ3n) is 11.4. The van der Waals surface area contributed by atoms with E-state index in [4.69, 9.17) is 14.2 Å². The van der Waals surface area contributed by atoms with E-state index in [1.54, 1.807) is 0 Å². The van der Waals surface area contributed by atoms with Gasteiger partial charge in [0.05, 0.1) is 0 Å². The second-order valence-corrected chi connectivity index (χ2v) is 17.8. The van der Waals surface area contributed by atoms with Crippen molar-refractivity contribution in [1.29, 1.82) is 0 Å². The molecule has 368 valence electrons. The third-order valence-corrected chi connectivity index (χ3v) is 11.4. The Morgan fingerprint density at radius 1 is 0.328 bits per heavy atom. The molecule has 1 unspecified atom stereocenters. The molecule has 0 spiro atoms. The van der Waals surface area contributed by atoms with Gasteiger partial charge in [-0.2, -0.15) is 0 Å². The van der Waals surface area contributed by atoms with Gasteiger partial charge in [0.2, 0.25) is 0 Å². The molecule has 0 rings (SSSR count). The average Bonchev–Trinajstić information content (AvgIpc) is 3.29. The quantitative estimate of drug-likeness (QED) is 0.0262. The van der Waals surface area contributed by atoms with E-state index >= 15 is 0 Å². The highest BCUT2D eigenvalue weighted by Crippen LogP contribution is 2.15. The second-order valence-electron chi connectivity index (χ2n) is 17.8. The summed E-state index contributed by atoms with van der Waals surface area (Å²) in [6.07, 6.45) is 66.2. The van der Waals surface area contributed by atoms with Gasteiger partial charge in [0.15, 0.2) is 6.10 Å². The molecule has 6 heteroatoms. The SMILES string of the molecule is CC/C=C\C/C=C\C/C=C\CCCCCC(=O)OC(COC(=O)CCCCCCCCCC)COC(=O)CCCCCCCCCCCC/C=C\C/C=C\C/C=C\CCCCCCC. The molecule has 1 atom stereocenters. The average molecular weight is 893 g/mol. The second kappa shape index (κ2) is 52.5. The molecule has 0 aliphatic carbocycles. The van der Waals surface area contributed by atoms with Crippen LogP contribution in [0.4, 0.5) is 0 Å². The van der Waals surface area contributed by atoms with E-state index in [0.717, 1.165) is 96.3 Å². The number of ether oxygens (including phenoxy) is 3. The molecule has 0 aromatic rings. The van der Waals surface area contributed by atoms with Gasteiger partial charge in [0.25, 0.3) is 0 Å². The van der Waals surface area contributed by atoms with Crippen LogP contribution in [0, 0.1) is 0 Å². The number of carbonyl (C=O) groups is 3. The van der Waals surface area contributed by atoms with Crippen LogP contribution in [0.2, 0.25) is 0 Å². The molecular weight excluding hydrogens is 793 g/mol. The predicted octanol–water partition coefficient (Wildman–Crippen LogP) is 17.8. The fourth-order valence-electron chi connectivity index (χ4n) is 7.40. The minimum absolute atomic E-state index is 0.0876. The van der Waals surface area contributed by atoms with Crippen LogP contribution in [0.15, 0.2) is 72.9 Å². The highest BCUT2D eigenvalue weighted by Gasteiger charge is 2.19. The molecule has 64 heavy (non-hydrogen) atoms. The highest BCUT2D eigenvalue weighted by atomic mass is 16.6. The molecule has 0 aromatic heterocycles. The fourth-order valence-corrected chi connectivity index (χ4v) is 7.40. The maximum absolute atomic E-state index is 12.7. The first-order valence-corrected chi connectivity index (χ1v) is 26.9. The van der Waals surface area contributed by atoms with Crippen molar-refractivity contribution < 1.29 is 28.6 Å². The molecule has 0 saturated heterocycles. The smallest absolute Gasteiger partial charge is 0.306 e. The largest absolute Gasteiger partial charge is 0.462 e. The maximum atomic E-state index is 12.7. The first-order chi connectivity index (χ1) is 31.5. The van der Waals surface area contributed by atoms with Gasteiger partial charge in [-0.25, -0.2) is 0 Å². The Morgan fingerprint density at radius 2 is 0.609 bits per heavy atom. The Morgan fingerprint density at radius 3 is 0.969 bits per heavy atom. The summed E-state index contributed by atoms with van der Waals surface area (Å²) in [6.45, 7) is 6.46. The summed E-state index contributed by atoms with van der Waals surface area (Å²) in [5.41, 5.74) is 0. The fraction of sp³-hybridized carbons (Fsp3) is 0.741. The number of carbonyl (C=O) groups excluding carboxylic acids is 3. The molecule has 0 saturated carbocycles. The Labute approximate surface area is 395 Å². The number of esters is 3. The van der Waals surface area contributed by atoms with E-state index in [2.05, 4.69) is 93.7 Å². The van der Waals surface area contributed by atoms with Gasteiger partial charge in [-0.3, -0.25) is 14.4 Å². The molecule has 0 fully saturated rings. The van der Waals surface area contributed by atoms with Gasteiger partial charge < -0.3 is 14.2 Å². The molecule has 0 amide bonds. The van der Waals surface area contributed by atoms with Crippen LogP contribution < -0.4 is 0 Å². The van der Waals surface area contributed by atoms with Crippen LogP contribution in [0.25, 0.3) is 0 Å². The van der Waals surface area contributed by atoms with Crippen LogP contribution in [0.3, 0.4) is 0 Å². The summed E-state index contributed by atoms with van der Waals surface area (Å²) in [4.78, 5) is 37.8. The van der Waals surface area contributed by atoms with Crippen molar-refractivity contribution in [2.75, 3.05) is 13.2 Å². The predicted molar refractivity (Wildman–Crippen MR) is 274 cm³/mol. The molecule has 0 aliphatic rings. The van der Waals surface area contributed by atoms with Crippen molar-refractivity contribution in [3.8, 4) is 0 Å². The summed E-state index contributed by atoms with van der Waals surface area (Å²) >= 11 is 0. The van der Waals surface area contributed by atoms with Gasteiger partial charge in [-0.1, -0.05) is 222 Å². The highest BCUT2D eigenvalue weighted by molar-refractivity contribution is 5.71. The topological polar surface area (TPSA) is 78.9 Å². The molecular formula is C58H100O6. The lowest BCUT2D eigenvalue weighted by atomic mass is 10.1. The van der Waals surface area contributed by atoms with Crippen molar-refractivity contribution in [3.63, 3.8) is 0 Å². The minimum atomic E-state index is -0.789. The van der Waals surface area contributed by atoms with E-state index in [1.165, 1.54) is 122 Å². The van der Waals surface area contributed by atoms with E-state index in [9.17, 15) is 14.4 Å². The Balaban J connectivity index is 4.21. The van der Waals surface area contributed by atoms with Crippen LogP contribution in [0.5, 0.6) is 0 Å². The van der Waals surface area contributed by atoms with Crippen molar-refractivity contribution in [1.82, 2.24) is 0 Å². The zero-order chi connectivity index (χ0) is 46.5. The molecule has 0 aliphatic heterocycles. The molecule has 0 bridgehead atoms.